The van der Waals surface area contributed by atoms with Crippen LogP contribution in [-0.2, 0) is 9.59 Å². The molecule has 0 bridgehead atoms. The van der Waals surface area contributed by atoms with E-state index in [4.69, 9.17) is 0 Å². The first-order chi connectivity index (χ1) is 12.5. The maximum Gasteiger partial charge on any atom is 1.00 e. The predicted molar refractivity (Wildman–Crippen MR) is 107 cm³/mol. The molecule has 1 atom stereocenters. The van der Waals surface area contributed by atoms with E-state index >= 15 is 0 Å². The Hall–Kier alpha value is 0.1000. The number of Topliss-reactive ketones (excluding diaryl/α,β-unsaturated/α-hetero) is 1. The summed E-state index contributed by atoms with van der Waals surface area (Å²) in [7, 11) is 3.20. The normalized spacial score (nSPS) is 12.0. The van der Waals surface area contributed by atoms with Crippen LogP contribution >= 0.6 is 0 Å². The van der Waals surface area contributed by atoms with Crippen molar-refractivity contribution >= 4 is 11.8 Å². The summed E-state index contributed by atoms with van der Waals surface area (Å²) in [6, 6.07) is -1.10. The number of ketones is 1. The zero-order valence-corrected chi connectivity index (χ0v) is 20.6. The number of nitrogens with zero attached hydrogens (tertiary/aromatic N) is 1. The summed E-state index contributed by atoms with van der Waals surface area (Å²) in [6.45, 7) is 2.26. The van der Waals surface area contributed by atoms with Crippen molar-refractivity contribution in [3.05, 3.63) is 0 Å². The third kappa shape index (κ3) is 17.9. The molecule has 0 saturated heterocycles. The molecule has 0 fully saturated rings. The summed E-state index contributed by atoms with van der Waals surface area (Å²) in [4.78, 5) is 24.3. The zero-order chi connectivity index (χ0) is 19.6. The number of carboxylic acid groups (broad SMARTS) is 1. The van der Waals surface area contributed by atoms with Crippen LogP contribution in [-0.4, -0.2) is 36.8 Å². The first-order valence-electron chi connectivity index (χ1n) is 10.9. The number of carbonyl (C=O) groups is 2. The second kappa shape index (κ2) is 20.8. The van der Waals surface area contributed by atoms with Crippen LogP contribution in [0.25, 0.3) is 0 Å². The Morgan fingerprint density at radius 3 is 1.33 bits per heavy atom. The molecule has 0 aromatic rings. The first kappa shape index (κ1) is 29.3. The molecule has 0 aromatic carbocycles. The molecular formula is C22H42NNaO3. The maximum atomic E-state index is 11.9. The Labute approximate surface area is 190 Å². The average Bonchev–Trinajstić information content (AvgIpc) is 2.57. The number of rotatable bonds is 19. The molecular weight excluding hydrogens is 349 g/mol. The quantitative estimate of drug-likeness (QED) is 0.190. The summed E-state index contributed by atoms with van der Waals surface area (Å²) in [5.41, 5.74) is 0. The molecule has 0 amide bonds. The molecule has 154 valence electrons. The Balaban J connectivity index is 0. The monoisotopic (exact) mass is 391 g/mol. The number of hydrogen-bond acceptors (Lipinski definition) is 4. The number of hydrogen-bond donors (Lipinski definition) is 0. The van der Waals surface area contributed by atoms with Gasteiger partial charge in [-0.2, -0.15) is 0 Å². The average molecular weight is 392 g/mol. The predicted octanol–water partition coefficient (Wildman–Crippen LogP) is 1.50. The van der Waals surface area contributed by atoms with Crippen molar-refractivity contribution in [1.29, 1.82) is 0 Å². The van der Waals surface area contributed by atoms with E-state index in [-0.39, 0.29) is 35.3 Å². The Morgan fingerprint density at radius 2 is 1.04 bits per heavy atom. The van der Waals surface area contributed by atoms with Crippen molar-refractivity contribution in [2.24, 2.45) is 0 Å². The van der Waals surface area contributed by atoms with Gasteiger partial charge >= 0.3 is 29.6 Å². The van der Waals surface area contributed by atoms with Gasteiger partial charge in [0.2, 0.25) is 0 Å². The van der Waals surface area contributed by atoms with Gasteiger partial charge in [0.05, 0.1) is 5.97 Å². The number of carbonyl (C=O) groups excluding carboxylic acids is 2. The molecule has 4 nitrogen and oxygen atoms in total. The molecule has 0 rings (SSSR count). The Kier molecular flexibility index (Phi) is 22.6. The van der Waals surface area contributed by atoms with Crippen LogP contribution in [0.15, 0.2) is 0 Å². The minimum atomic E-state index is -1.29. The molecule has 5 heteroatoms. The van der Waals surface area contributed by atoms with E-state index in [2.05, 4.69) is 6.92 Å². The van der Waals surface area contributed by atoms with Crippen LogP contribution in [0.5, 0.6) is 0 Å². The van der Waals surface area contributed by atoms with Gasteiger partial charge in [0.15, 0.2) is 5.78 Å². The second-order valence-corrected chi connectivity index (χ2v) is 7.85. The van der Waals surface area contributed by atoms with Crippen LogP contribution in [0.3, 0.4) is 0 Å². The number of aliphatic carboxylic acids is 1. The van der Waals surface area contributed by atoms with E-state index in [0.29, 0.717) is 6.42 Å². The molecule has 0 aliphatic carbocycles. The van der Waals surface area contributed by atoms with Gasteiger partial charge in [-0.05, 0) is 20.5 Å². The largest absolute Gasteiger partial charge is 1.00 e. The van der Waals surface area contributed by atoms with Crippen LogP contribution in [0, 0.1) is 0 Å². The topological polar surface area (TPSA) is 60.4 Å². The van der Waals surface area contributed by atoms with E-state index < -0.39 is 12.0 Å². The van der Waals surface area contributed by atoms with Crippen molar-refractivity contribution < 1.29 is 44.3 Å². The fraction of sp³-hybridized carbons (Fsp3) is 0.909. The third-order valence-corrected chi connectivity index (χ3v) is 5.07. The second-order valence-electron chi connectivity index (χ2n) is 7.85. The van der Waals surface area contributed by atoms with Gasteiger partial charge in [-0.1, -0.05) is 96.8 Å². The van der Waals surface area contributed by atoms with Crippen molar-refractivity contribution in [1.82, 2.24) is 4.90 Å². The van der Waals surface area contributed by atoms with Crippen LogP contribution < -0.4 is 34.7 Å². The maximum absolute atomic E-state index is 11.9. The van der Waals surface area contributed by atoms with E-state index in [0.717, 1.165) is 19.3 Å². The first-order valence-corrected chi connectivity index (χ1v) is 10.9. The summed E-state index contributed by atoms with van der Waals surface area (Å²) in [5, 5.41) is 11.0. The van der Waals surface area contributed by atoms with Gasteiger partial charge in [-0.25, -0.2) is 0 Å². The summed E-state index contributed by atoms with van der Waals surface area (Å²) < 4.78 is 0. The smallest absolute Gasteiger partial charge is 0.548 e. The Bertz CT molecular complexity index is 361. The van der Waals surface area contributed by atoms with Gasteiger partial charge in [0.1, 0.15) is 6.04 Å². The molecule has 0 radical (unpaired) electrons. The van der Waals surface area contributed by atoms with Crippen LogP contribution in [0.1, 0.15) is 110 Å². The molecule has 0 aliphatic rings. The molecule has 0 saturated carbocycles. The number of unbranched alkanes of at least 4 members (excludes halogenated alkanes) is 14. The third-order valence-electron chi connectivity index (χ3n) is 5.07. The summed E-state index contributed by atoms with van der Waals surface area (Å²) in [6.07, 6.45) is 19.6. The van der Waals surface area contributed by atoms with Crippen molar-refractivity contribution in [2.45, 2.75) is 116 Å². The minimum Gasteiger partial charge on any atom is -0.548 e. The van der Waals surface area contributed by atoms with Crippen LogP contribution in [0.4, 0.5) is 0 Å². The van der Waals surface area contributed by atoms with E-state index in [1.807, 2.05) is 0 Å². The van der Waals surface area contributed by atoms with Crippen molar-refractivity contribution in [3.8, 4) is 0 Å². The summed E-state index contributed by atoms with van der Waals surface area (Å²) >= 11 is 0. The SMILES string of the molecule is CCCCCCCCCCCCCCCCCC(=O)C(C(=O)[O-])N(C)C.[Na+]. The fourth-order valence-corrected chi connectivity index (χ4v) is 3.44. The summed E-state index contributed by atoms with van der Waals surface area (Å²) in [5.74, 6) is -1.52. The van der Waals surface area contributed by atoms with Crippen LogP contribution in [0.2, 0.25) is 0 Å². The molecule has 0 aliphatic heterocycles. The molecule has 1 unspecified atom stereocenters. The number of carboxylic acids is 1. The molecule has 0 spiro atoms. The van der Waals surface area contributed by atoms with E-state index in [9.17, 15) is 14.7 Å². The number of likely N-dealkylation sites (N-methyl/N-ethyl adjacent to an activating group) is 1. The standard InChI is InChI=1S/C22H43NO3.Na/c1-4-5-6-7-8-9-10-11-12-13-14-15-16-17-18-19-20(24)21(22(25)26)23(2)3;/h21H,4-19H2,1-3H3,(H,25,26);/q;+1/p-1. The van der Waals surface area contributed by atoms with E-state index in [1.165, 1.54) is 81.9 Å². The van der Waals surface area contributed by atoms with Crippen molar-refractivity contribution in [3.63, 3.8) is 0 Å². The Morgan fingerprint density at radius 1 is 0.704 bits per heavy atom. The van der Waals surface area contributed by atoms with Crippen molar-refractivity contribution in [2.75, 3.05) is 14.1 Å². The van der Waals surface area contributed by atoms with Gasteiger partial charge in [0.25, 0.3) is 0 Å². The fourth-order valence-electron chi connectivity index (χ4n) is 3.44. The molecule has 27 heavy (non-hydrogen) atoms. The molecule has 0 heterocycles. The van der Waals surface area contributed by atoms with E-state index in [1.54, 1.807) is 14.1 Å². The van der Waals surface area contributed by atoms with Gasteiger partial charge < -0.3 is 9.90 Å². The minimum absolute atomic E-state index is 0. The van der Waals surface area contributed by atoms with Gasteiger partial charge in [-0.15, -0.1) is 0 Å². The van der Waals surface area contributed by atoms with Gasteiger partial charge in [-0.3, -0.25) is 9.69 Å². The molecule has 0 N–H and O–H groups in total. The van der Waals surface area contributed by atoms with Gasteiger partial charge in [0, 0.05) is 6.42 Å². The molecule has 0 aromatic heterocycles. The zero-order valence-electron chi connectivity index (χ0n) is 18.6.